The van der Waals surface area contributed by atoms with Gasteiger partial charge in [-0.2, -0.15) is 0 Å². The number of aliphatic imine (C=N–C) groups is 1. The van der Waals surface area contributed by atoms with Crippen molar-refractivity contribution in [2.45, 2.75) is 58.1 Å². The lowest BCUT2D eigenvalue weighted by Crippen LogP contribution is -2.61. The Morgan fingerprint density at radius 2 is 1.25 bits per heavy atom. The maximum Gasteiger partial charge on any atom is 0.228 e. The van der Waals surface area contributed by atoms with Gasteiger partial charge in [0, 0.05) is 47.4 Å². The van der Waals surface area contributed by atoms with Crippen molar-refractivity contribution in [3.8, 4) is 11.5 Å². The Labute approximate surface area is 311 Å². The molecule has 9 rings (SSSR count). The molecule has 0 aliphatic carbocycles. The van der Waals surface area contributed by atoms with Gasteiger partial charge < -0.3 is 19.6 Å². The van der Waals surface area contributed by atoms with E-state index in [1.165, 1.54) is 39.1 Å². The van der Waals surface area contributed by atoms with Gasteiger partial charge in [0.05, 0.1) is 11.6 Å². The molecule has 3 aliphatic heterocycles. The molecule has 1 N–H and O–H groups in total. The van der Waals surface area contributed by atoms with Gasteiger partial charge in [0.25, 0.3) is 0 Å². The van der Waals surface area contributed by atoms with Crippen LogP contribution in [0.3, 0.4) is 0 Å². The van der Waals surface area contributed by atoms with E-state index in [9.17, 15) is 10.0 Å². The summed E-state index contributed by atoms with van der Waals surface area (Å²) in [5.74, 6) is 0.836. The molecule has 3 heterocycles. The molecule has 0 saturated heterocycles. The molecule has 1 atom stereocenters. The third-order valence-electron chi connectivity index (χ3n) is 11.5. The van der Waals surface area contributed by atoms with Gasteiger partial charge in [-0.1, -0.05) is 105 Å². The first-order valence-corrected chi connectivity index (χ1v) is 17.9. The summed E-state index contributed by atoms with van der Waals surface area (Å²) < 4.78 is 6.84. The molecule has 7 heteroatoms. The lowest BCUT2D eigenvalue weighted by atomic mass is 9.77. The fourth-order valence-electron chi connectivity index (χ4n) is 8.19. The number of phenols is 1. The average molecular weight is 703 g/mol. The number of para-hydroxylation sites is 2. The van der Waals surface area contributed by atoms with E-state index in [1.54, 1.807) is 12.1 Å². The first-order valence-electron chi connectivity index (χ1n) is 17.9. The van der Waals surface area contributed by atoms with E-state index in [0.717, 1.165) is 27.8 Å². The topological polar surface area (TPSA) is 77.7 Å². The molecule has 6 aromatic rings. The van der Waals surface area contributed by atoms with Crippen LogP contribution in [0.15, 0.2) is 132 Å². The van der Waals surface area contributed by atoms with Gasteiger partial charge in [-0.05, 0) is 90.2 Å². The van der Waals surface area contributed by atoms with Crippen molar-refractivity contribution in [1.29, 1.82) is 0 Å². The molecule has 0 fully saturated rings. The summed E-state index contributed by atoms with van der Waals surface area (Å²) in [7, 11) is 4.18. The molecule has 0 amide bonds. The Morgan fingerprint density at radius 1 is 0.717 bits per heavy atom. The molecule has 1 spiro atoms. The van der Waals surface area contributed by atoms with E-state index < -0.39 is 5.72 Å². The number of phenolic OH excluding ortho intramolecular Hbond substituents is 1. The predicted octanol–water partition coefficient (Wildman–Crippen LogP) is 11.5. The molecule has 0 saturated carbocycles. The maximum absolute atomic E-state index is 10.4. The van der Waals surface area contributed by atoms with Crippen molar-refractivity contribution in [3.63, 3.8) is 0 Å². The summed E-state index contributed by atoms with van der Waals surface area (Å²) in [6, 6.07) is 36.5. The highest BCUT2D eigenvalue weighted by molar-refractivity contribution is 5.99. The van der Waals surface area contributed by atoms with E-state index in [4.69, 9.17) is 9.73 Å². The number of hydrogen-bond acceptors (Lipinski definition) is 7. The number of ether oxygens (including phenoxy) is 1. The summed E-state index contributed by atoms with van der Waals surface area (Å²) in [5, 5.41) is 16.4. The van der Waals surface area contributed by atoms with E-state index in [1.807, 2.05) is 31.3 Å². The molecule has 7 nitrogen and oxygen atoms in total. The van der Waals surface area contributed by atoms with Gasteiger partial charge in [-0.15, -0.1) is 4.91 Å². The number of rotatable bonds is 1. The predicted molar refractivity (Wildman–Crippen MR) is 221 cm³/mol. The second-order valence-corrected chi connectivity index (χ2v) is 15.2. The fourth-order valence-corrected chi connectivity index (χ4v) is 8.19. The average Bonchev–Trinajstić information content (AvgIpc) is 3.45. The third kappa shape index (κ3) is 5.45. The highest BCUT2D eigenvalue weighted by atomic mass is 16.5. The number of likely N-dealkylation sites (N-methyl/N-ethyl adjacent to an activating group) is 2. The first-order chi connectivity index (χ1) is 25.2. The summed E-state index contributed by atoms with van der Waals surface area (Å²) in [5.41, 5.74) is 8.71. The summed E-state index contributed by atoms with van der Waals surface area (Å²) >= 11 is 0. The zero-order valence-electron chi connectivity index (χ0n) is 31.7. The van der Waals surface area contributed by atoms with E-state index in [2.05, 4.69) is 149 Å². The number of benzene rings is 6. The highest BCUT2D eigenvalue weighted by Gasteiger charge is 2.58. The highest BCUT2D eigenvalue weighted by Crippen LogP contribution is 2.54. The molecule has 0 radical (unpaired) electrons. The zero-order chi connectivity index (χ0) is 37.9. The maximum atomic E-state index is 10.4. The normalized spacial score (nSPS) is 18.4. The van der Waals surface area contributed by atoms with Gasteiger partial charge in [0.1, 0.15) is 5.69 Å². The minimum absolute atomic E-state index is 0.0406. The Bertz CT molecular complexity index is 2460. The van der Waals surface area contributed by atoms with Gasteiger partial charge >= 0.3 is 0 Å². The molecule has 268 valence electrons. The lowest BCUT2D eigenvalue weighted by Gasteiger charge is -2.45. The minimum Gasteiger partial charge on any atom is -0.505 e. The van der Waals surface area contributed by atoms with Crippen LogP contribution < -0.4 is 14.5 Å². The summed E-state index contributed by atoms with van der Waals surface area (Å²) in [6.45, 7) is 17.1. The fraction of sp³-hybridized carbons (Fsp3) is 0.239. The third-order valence-corrected chi connectivity index (χ3v) is 11.5. The summed E-state index contributed by atoms with van der Waals surface area (Å²) in [6.07, 6.45) is 1.99. The Kier molecular flexibility index (Phi) is 8.64. The number of nitroso groups, excluding NO2 is 1. The van der Waals surface area contributed by atoms with Crippen LogP contribution in [-0.4, -0.2) is 31.1 Å². The number of hydrogen-bond donors (Lipinski definition) is 1. The van der Waals surface area contributed by atoms with Crippen LogP contribution in [0, 0.1) is 18.8 Å². The Morgan fingerprint density at radius 3 is 1.87 bits per heavy atom. The second kappa shape index (κ2) is 12.9. The van der Waals surface area contributed by atoms with E-state index in [0.29, 0.717) is 5.39 Å². The smallest absolute Gasteiger partial charge is 0.228 e. The van der Waals surface area contributed by atoms with Crippen LogP contribution in [0.25, 0.3) is 21.5 Å². The van der Waals surface area contributed by atoms with Crippen LogP contribution in [0.2, 0.25) is 0 Å². The minimum atomic E-state index is -0.637. The van der Waals surface area contributed by atoms with Crippen LogP contribution in [0.5, 0.6) is 11.5 Å². The number of nitrogens with zero attached hydrogens (tertiary/aromatic N) is 4. The Hall–Kier alpha value is -5.95. The Balaban J connectivity index is 0.000000136. The van der Waals surface area contributed by atoms with Crippen LogP contribution in [0.4, 0.5) is 22.7 Å². The lowest BCUT2D eigenvalue weighted by molar-refractivity contribution is 0.0842. The van der Waals surface area contributed by atoms with Gasteiger partial charge in [0.15, 0.2) is 17.2 Å². The van der Waals surface area contributed by atoms with Crippen molar-refractivity contribution in [2.75, 3.05) is 23.9 Å². The molecular formula is C46H46N4O3. The molecule has 3 aliphatic rings. The van der Waals surface area contributed by atoms with Crippen LogP contribution >= 0.6 is 0 Å². The number of fused-ring (bicyclic) bond motifs is 6. The second-order valence-electron chi connectivity index (χ2n) is 15.2. The quantitative estimate of drug-likeness (QED) is 0.173. The summed E-state index contributed by atoms with van der Waals surface area (Å²) in [4.78, 5) is 19.7. The number of allylic oxidation sites excluding steroid dienone is 1. The standard InChI is InChI=1S/C23H22N2O.C12H15N.C11H9NO2/c1-15-13-19-21(17-10-6-5-9-16(15)17)26-23(14-24-19)22(2,3)18-11-7-8-12-20(18)25(23)4;1-9-12(2,3)10-7-5-6-8-11(10)13(9)4;1-7-6-10(12-14)11(13)9-5-3-2-4-8(7)9/h5-14H,1-4H3;5-8H,1H2,2-4H3;2-6,13H,1H3. The van der Waals surface area contributed by atoms with Crippen molar-refractivity contribution in [1.82, 2.24) is 0 Å². The van der Waals surface area contributed by atoms with E-state index in [-0.39, 0.29) is 22.3 Å². The number of aromatic hydroxyl groups is 1. The van der Waals surface area contributed by atoms with E-state index >= 15 is 0 Å². The molecule has 1 unspecified atom stereocenters. The monoisotopic (exact) mass is 702 g/mol. The van der Waals surface area contributed by atoms with Crippen molar-refractivity contribution in [3.05, 3.63) is 149 Å². The number of aryl methyl sites for hydroxylation is 2. The van der Waals surface area contributed by atoms with Crippen molar-refractivity contribution in [2.24, 2.45) is 10.2 Å². The number of anilines is 2. The van der Waals surface area contributed by atoms with Gasteiger partial charge in [-0.3, -0.25) is 4.99 Å². The molecule has 6 aromatic carbocycles. The zero-order valence-corrected chi connectivity index (χ0v) is 31.7. The largest absolute Gasteiger partial charge is 0.505 e. The molecule has 53 heavy (non-hydrogen) atoms. The SMILES string of the molecule is C=C1N(C)c2ccccc2C1(C)C.Cc1cc(N=O)c(O)c2ccccc12.Cc1cc2c(c3ccccc13)OC1(C=N2)N(C)c2ccccc2C1(C)C. The molecular weight excluding hydrogens is 657 g/mol. The van der Waals surface area contributed by atoms with Crippen molar-refractivity contribution < 1.29 is 9.84 Å². The van der Waals surface area contributed by atoms with Crippen molar-refractivity contribution >= 4 is 50.5 Å². The molecule has 0 aromatic heterocycles. The van der Waals surface area contributed by atoms with Crippen LogP contribution in [0.1, 0.15) is 49.9 Å². The van der Waals surface area contributed by atoms with Crippen LogP contribution in [-0.2, 0) is 10.8 Å². The van der Waals surface area contributed by atoms with Gasteiger partial charge in [0.2, 0.25) is 5.72 Å². The molecule has 0 bridgehead atoms. The van der Waals surface area contributed by atoms with Gasteiger partial charge in [-0.25, -0.2) is 0 Å². The first kappa shape index (κ1) is 35.5.